The van der Waals surface area contributed by atoms with E-state index in [2.05, 4.69) is 0 Å². The molecular weight excluding hydrogens is 896 g/mol. The van der Waals surface area contributed by atoms with E-state index in [1.165, 1.54) is 0 Å². The number of aliphatic hydroxyl groups is 17. The van der Waals surface area contributed by atoms with Gasteiger partial charge in [0.05, 0.1) is 45.7 Å². The maximum Gasteiger partial charge on any atom is 0.187 e. The Morgan fingerprint density at radius 3 is 0.708 bits per heavy atom. The molecule has 0 radical (unpaired) electrons. The van der Waals surface area contributed by atoms with Crippen molar-refractivity contribution in [3.8, 4) is 0 Å². The van der Waals surface area contributed by atoms with Crippen LogP contribution in [-0.4, -0.2) is 305 Å². The van der Waals surface area contributed by atoms with Gasteiger partial charge >= 0.3 is 0 Å². The van der Waals surface area contributed by atoms with E-state index in [1.807, 2.05) is 0 Å². The van der Waals surface area contributed by atoms with Gasteiger partial charge in [-0.1, -0.05) is 0 Å². The molecule has 378 valence electrons. The lowest BCUT2D eigenvalue weighted by Crippen LogP contribution is -2.68. The molecule has 0 aliphatic carbocycles. The van der Waals surface area contributed by atoms with E-state index in [4.69, 9.17) is 56.8 Å². The Hall–Kier alpha value is -1.16. The van der Waals surface area contributed by atoms with E-state index in [0.29, 0.717) is 0 Å². The summed E-state index contributed by atoms with van der Waals surface area (Å²) in [4.78, 5) is 0. The zero-order valence-corrected chi connectivity index (χ0v) is 34.2. The summed E-state index contributed by atoms with van der Waals surface area (Å²) in [5.74, 6) is 0. The normalized spacial score (nSPS) is 54.9. The standard InChI is InChI=1S/C36H60O29/c37-2-9-26-8(43)1-15(54-9)60-27-10(3-38)55-33(21(49)16(27)44)62-29-12(5-40)57-35(23(51)18(29)46)64-31-14(7-42)59-36(25(53)20(31)48)65-30-13(6-41)58-34(24(52)19(30)47)63-28-11(4-39)56-32(61-26)22(50)17(28)45/h8-53H,1-7H2/t8-,9-,10-,11-,12-,13-,14-,15-,16-,17-,18-,19-,20-,21-,22-,23-,24-,25-,26+,27-,28-,29-,30-,31-,32-,33-,34-,35-,36-/m1/s1. The minimum Gasteiger partial charge on any atom is -0.394 e. The summed E-state index contributed by atoms with van der Waals surface area (Å²) in [6, 6.07) is 0. The predicted octanol–water partition coefficient (Wildman–Crippen LogP) is -12.0. The van der Waals surface area contributed by atoms with Gasteiger partial charge in [-0.05, 0) is 0 Å². The van der Waals surface area contributed by atoms with E-state index in [-0.39, 0.29) is 0 Å². The lowest BCUT2D eigenvalue weighted by atomic mass is 9.95. The maximum absolute atomic E-state index is 11.2. The third-order valence-corrected chi connectivity index (χ3v) is 12.6. The van der Waals surface area contributed by atoms with Gasteiger partial charge < -0.3 is 144 Å². The highest BCUT2D eigenvalue weighted by molar-refractivity contribution is 5.00. The highest BCUT2D eigenvalue weighted by Crippen LogP contribution is 2.38. The Balaban J connectivity index is 1.18. The van der Waals surface area contributed by atoms with Gasteiger partial charge in [-0.15, -0.1) is 0 Å². The van der Waals surface area contributed by atoms with Gasteiger partial charge in [-0.2, -0.15) is 0 Å². The van der Waals surface area contributed by atoms with Crippen molar-refractivity contribution in [2.24, 2.45) is 0 Å². The molecule has 0 aromatic heterocycles. The van der Waals surface area contributed by atoms with Crippen molar-refractivity contribution in [2.75, 3.05) is 39.6 Å². The van der Waals surface area contributed by atoms with Crippen LogP contribution in [0.4, 0.5) is 0 Å². The molecule has 17 N–H and O–H groups in total. The van der Waals surface area contributed by atoms with Crippen molar-refractivity contribution in [3.05, 3.63) is 0 Å². The van der Waals surface area contributed by atoms with Crippen LogP contribution in [0.2, 0.25) is 0 Å². The summed E-state index contributed by atoms with van der Waals surface area (Å²) in [5, 5.41) is 184. The van der Waals surface area contributed by atoms with E-state index in [1.54, 1.807) is 0 Å². The first-order valence-electron chi connectivity index (χ1n) is 21.0. The third-order valence-electron chi connectivity index (χ3n) is 12.6. The quantitative estimate of drug-likeness (QED) is 0.118. The fourth-order valence-corrected chi connectivity index (χ4v) is 8.93. The van der Waals surface area contributed by atoms with Gasteiger partial charge in [-0.25, -0.2) is 0 Å². The van der Waals surface area contributed by atoms with Crippen molar-refractivity contribution in [1.29, 1.82) is 0 Å². The topological polar surface area (TPSA) is 455 Å². The molecule has 29 nitrogen and oxygen atoms in total. The van der Waals surface area contributed by atoms with Crippen molar-refractivity contribution in [1.82, 2.24) is 0 Å². The molecule has 22 rings (SSSR count). The Morgan fingerprint density at radius 2 is 0.462 bits per heavy atom. The SMILES string of the molecule is OC[C@H]1O[C@@H]2O[C@H]3[C@H](O)[C@@H](O)[C@@H](O[C@H]4[C@H](O)[C@@H](O)[C@@H](O[C@H]5[C@H](O)[C@@H](O)[C@@H](O[C@H]6[C@H](O)[C@@H](O)[C@@H](O[C@H]7[C@H](O)C[C@@H](O[C@H]1[C@H](O)[C@H]2O)O[C@@H]7CO)O[C@@H]6CO)O[C@@H]5CO)O[C@@H]4CO)O[C@@H]3CO. The highest BCUT2D eigenvalue weighted by atomic mass is 16.8. The molecular formula is C36H60O29. The summed E-state index contributed by atoms with van der Waals surface area (Å²) in [5.41, 5.74) is 0. The van der Waals surface area contributed by atoms with Crippen LogP contribution in [0.1, 0.15) is 6.42 Å². The van der Waals surface area contributed by atoms with Crippen LogP contribution in [0.25, 0.3) is 0 Å². The molecule has 0 aromatic rings. The molecule has 22 heterocycles. The van der Waals surface area contributed by atoms with Gasteiger partial charge in [0.2, 0.25) is 0 Å². The van der Waals surface area contributed by atoms with Gasteiger partial charge in [0.1, 0.15) is 134 Å². The fourth-order valence-electron chi connectivity index (χ4n) is 8.93. The molecule has 22 fully saturated rings. The van der Waals surface area contributed by atoms with Crippen molar-refractivity contribution >= 4 is 0 Å². The summed E-state index contributed by atoms with van der Waals surface area (Å²) >= 11 is 0. The minimum absolute atomic E-state index is 0.497. The molecule has 12 bridgehead atoms. The molecule has 22 aliphatic rings. The predicted molar refractivity (Wildman–Crippen MR) is 194 cm³/mol. The summed E-state index contributed by atoms with van der Waals surface area (Å²) < 4.78 is 68.4. The van der Waals surface area contributed by atoms with E-state index in [9.17, 15) is 86.8 Å². The first kappa shape index (κ1) is 51.7. The number of ether oxygens (including phenoxy) is 12. The lowest BCUT2D eigenvalue weighted by Gasteiger charge is -2.50. The fraction of sp³-hybridized carbons (Fsp3) is 1.00. The average Bonchev–Trinajstić information content (AvgIpc) is 3.30. The van der Waals surface area contributed by atoms with Gasteiger partial charge in [-0.3, -0.25) is 0 Å². The molecule has 29 atom stereocenters. The van der Waals surface area contributed by atoms with E-state index < -0.39 is 224 Å². The van der Waals surface area contributed by atoms with Crippen LogP contribution >= 0.6 is 0 Å². The minimum atomic E-state index is -2.13. The summed E-state index contributed by atoms with van der Waals surface area (Å²) in [7, 11) is 0. The van der Waals surface area contributed by atoms with Gasteiger partial charge in [0, 0.05) is 6.42 Å². The number of aliphatic hydroxyl groups excluding tert-OH is 17. The second-order valence-electron chi connectivity index (χ2n) is 16.7. The molecule has 0 spiro atoms. The van der Waals surface area contributed by atoms with Crippen LogP contribution < -0.4 is 0 Å². The van der Waals surface area contributed by atoms with E-state index >= 15 is 0 Å². The second-order valence-corrected chi connectivity index (χ2v) is 16.7. The highest BCUT2D eigenvalue weighted by Gasteiger charge is 2.58. The van der Waals surface area contributed by atoms with Crippen LogP contribution in [0, 0.1) is 0 Å². The van der Waals surface area contributed by atoms with Crippen molar-refractivity contribution < 1.29 is 144 Å². The van der Waals surface area contributed by atoms with Crippen molar-refractivity contribution in [2.45, 2.75) is 185 Å². The lowest BCUT2D eigenvalue weighted by molar-refractivity contribution is -0.400. The second kappa shape index (κ2) is 21.9. The smallest absolute Gasteiger partial charge is 0.187 e. The molecule has 0 aromatic carbocycles. The Morgan fingerprint density at radius 1 is 0.246 bits per heavy atom. The maximum atomic E-state index is 11.2. The number of hydrogen-bond acceptors (Lipinski definition) is 29. The van der Waals surface area contributed by atoms with Crippen LogP contribution in [-0.2, 0) is 56.8 Å². The summed E-state index contributed by atoms with van der Waals surface area (Å²) in [6.07, 6.45) is -54.0. The number of hydrogen-bond donors (Lipinski definition) is 17. The zero-order valence-electron chi connectivity index (χ0n) is 34.2. The molecule has 0 amide bonds. The molecule has 0 saturated carbocycles. The van der Waals surface area contributed by atoms with Crippen LogP contribution in [0.3, 0.4) is 0 Å². The molecule has 29 heteroatoms. The largest absolute Gasteiger partial charge is 0.394 e. The van der Waals surface area contributed by atoms with Crippen LogP contribution in [0.15, 0.2) is 0 Å². The summed E-state index contributed by atoms with van der Waals surface area (Å²) in [6.45, 7) is -5.67. The molecule has 0 unspecified atom stereocenters. The Kier molecular flexibility index (Phi) is 17.4. The first-order chi connectivity index (χ1) is 31.0. The number of rotatable bonds is 6. The molecule has 22 saturated heterocycles. The van der Waals surface area contributed by atoms with Gasteiger partial charge in [0.15, 0.2) is 37.7 Å². The monoisotopic (exact) mass is 956 g/mol. The Labute approximate surface area is 367 Å². The van der Waals surface area contributed by atoms with Crippen LogP contribution in [0.5, 0.6) is 0 Å². The average molecular weight is 957 g/mol. The Bertz CT molecular complexity index is 1480. The van der Waals surface area contributed by atoms with E-state index in [0.717, 1.165) is 0 Å². The first-order valence-corrected chi connectivity index (χ1v) is 21.0. The zero-order chi connectivity index (χ0) is 47.2. The van der Waals surface area contributed by atoms with Gasteiger partial charge in [0.25, 0.3) is 0 Å². The molecule has 65 heavy (non-hydrogen) atoms. The third kappa shape index (κ3) is 10.2. The molecule has 22 aliphatic heterocycles. The van der Waals surface area contributed by atoms with Crippen molar-refractivity contribution in [3.63, 3.8) is 0 Å².